The molecule has 0 aromatic heterocycles. The standard InChI is InChI=1S/C20H24N2O3S/c1-16-4-6-17(7-5-16)14-21-20(23)19-10-8-18(9-11-19)15-26(24,25)22-12-2-3-13-22/h4-11H,2-3,12-15H2,1H3,(H,21,23). The molecule has 2 aromatic rings. The summed E-state index contributed by atoms with van der Waals surface area (Å²) in [4.78, 5) is 12.3. The number of nitrogens with one attached hydrogen (secondary N) is 1. The summed E-state index contributed by atoms with van der Waals surface area (Å²) in [7, 11) is -3.26. The van der Waals surface area contributed by atoms with Gasteiger partial charge in [-0.1, -0.05) is 42.0 Å². The predicted octanol–water partition coefficient (Wildman–Crippen LogP) is 2.85. The fourth-order valence-electron chi connectivity index (χ4n) is 3.01. The van der Waals surface area contributed by atoms with E-state index in [1.165, 1.54) is 5.56 Å². The highest BCUT2D eigenvalue weighted by molar-refractivity contribution is 7.88. The number of rotatable bonds is 6. The van der Waals surface area contributed by atoms with Gasteiger partial charge in [0.05, 0.1) is 5.75 Å². The number of carbonyl (C=O) groups is 1. The van der Waals surface area contributed by atoms with Gasteiger partial charge in [0, 0.05) is 25.2 Å². The van der Waals surface area contributed by atoms with Crippen molar-refractivity contribution in [2.75, 3.05) is 13.1 Å². The lowest BCUT2D eigenvalue weighted by Gasteiger charge is -2.15. The van der Waals surface area contributed by atoms with E-state index in [2.05, 4.69) is 5.32 Å². The fourth-order valence-corrected chi connectivity index (χ4v) is 4.62. The Labute approximate surface area is 155 Å². The van der Waals surface area contributed by atoms with Crippen molar-refractivity contribution in [3.63, 3.8) is 0 Å². The van der Waals surface area contributed by atoms with Gasteiger partial charge in [-0.25, -0.2) is 12.7 Å². The maximum absolute atomic E-state index is 12.4. The van der Waals surface area contributed by atoms with E-state index in [1.807, 2.05) is 31.2 Å². The minimum atomic E-state index is -3.26. The Morgan fingerprint density at radius 2 is 1.54 bits per heavy atom. The van der Waals surface area contributed by atoms with Crippen LogP contribution in [0.25, 0.3) is 0 Å². The van der Waals surface area contributed by atoms with Gasteiger partial charge in [0.25, 0.3) is 5.91 Å². The van der Waals surface area contributed by atoms with Crippen LogP contribution >= 0.6 is 0 Å². The fraction of sp³-hybridized carbons (Fsp3) is 0.350. The van der Waals surface area contributed by atoms with E-state index < -0.39 is 10.0 Å². The van der Waals surface area contributed by atoms with Gasteiger partial charge in [0.2, 0.25) is 10.0 Å². The van der Waals surface area contributed by atoms with Crippen LogP contribution in [-0.4, -0.2) is 31.7 Å². The first-order valence-electron chi connectivity index (χ1n) is 8.84. The lowest BCUT2D eigenvalue weighted by molar-refractivity contribution is 0.0951. The van der Waals surface area contributed by atoms with Crippen molar-refractivity contribution in [2.24, 2.45) is 0 Å². The van der Waals surface area contributed by atoms with Gasteiger partial charge in [-0.3, -0.25) is 4.79 Å². The first-order valence-corrected chi connectivity index (χ1v) is 10.5. The van der Waals surface area contributed by atoms with Crippen LogP contribution in [0.2, 0.25) is 0 Å². The van der Waals surface area contributed by atoms with E-state index in [0.717, 1.165) is 18.4 Å². The Hall–Kier alpha value is -2.18. The first-order chi connectivity index (χ1) is 12.4. The second-order valence-electron chi connectivity index (χ2n) is 6.73. The molecule has 0 unspecified atom stereocenters. The van der Waals surface area contributed by atoms with E-state index in [1.54, 1.807) is 28.6 Å². The molecule has 26 heavy (non-hydrogen) atoms. The summed E-state index contributed by atoms with van der Waals surface area (Å²) in [5.74, 6) is -0.183. The molecule has 1 heterocycles. The van der Waals surface area contributed by atoms with Crippen LogP contribution in [0.3, 0.4) is 0 Å². The molecule has 0 radical (unpaired) electrons. The molecule has 5 nitrogen and oxygen atoms in total. The third kappa shape index (κ3) is 4.71. The van der Waals surface area contributed by atoms with Gasteiger partial charge in [-0.15, -0.1) is 0 Å². The van der Waals surface area contributed by atoms with Gasteiger partial charge in [-0.05, 0) is 43.0 Å². The molecule has 0 spiro atoms. The number of nitrogens with zero attached hydrogens (tertiary/aromatic N) is 1. The minimum Gasteiger partial charge on any atom is -0.348 e. The quantitative estimate of drug-likeness (QED) is 0.848. The van der Waals surface area contributed by atoms with E-state index in [9.17, 15) is 13.2 Å². The highest BCUT2D eigenvalue weighted by atomic mass is 32.2. The molecule has 1 amide bonds. The van der Waals surface area contributed by atoms with Crippen molar-refractivity contribution in [1.82, 2.24) is 9.62 Å². The Kier molecular flexibility index (Phi) is 5.74. The third-order valence-corrected chi connectivity index (χ3v) is 6.45. The zero-order valence-electron chi connectivity index (χ0n) is 14.9. The molecule has 1 aliphatic rings. The monoisotopic (exact) mass is 372 g/mol. The SMILES string of the molecule is Cc1ccc(CNC(=O)c2ccc(CS(=O)(=O)N3CCCC3)cc2)cc1. The summed E-state index contributed by atoms with van der Waals surface area (Å²) in [5.41, 5.74) is 3.45. The number of benzene rings is 2. The minimum absolute atomic E-state index is 0.0156. The van der Waals surface area contributed by atoms with Crippen LogP contribution in [0.15, 0.2) is 48.5 Å². The topological polar surface area (TPSA) is 66.5 Å². The average molecular weight is 372 g/mol. The van der Waals surface area contributed by atoms with E-state index in [0.29, 0.717) is 30.8 Å². The van der Waals surface area contributed by atoms with Gasteiger partial charge in [-0.2, -0.15) is 0 Å². The summed E-state index contributed by atoms with van der Waals surface area (Å²) in [6.45, 7) is 3.71. The highest BCUT2D eigenvalue weighted by Gasteiger charge is 2.25. The maximum atomic E-state index is 12.4. The molecule has 0 aliphatic carbocycles. The molecule has 0 saturated carbocycles. The number of aryl methyl sites for hydroxylation is 1. The van der Waals surface area contributed by atoms with Crippen molar-refractivity contribution in [3.8, 4) is 0 Å². The molecule has 6 heteroatoms. The van der Waals surface area contributed by atoms with Crippen LogP contribution in [0.1, 0.15) is 39.9 Å². The van der Waals surface area contributed by atoms with Gasteiger partial charge in [0.1, 0.15) is 0 Å². The Bertz CT molecular complexity index is 853. The number of carbonyl (C=O) groups excluding carboxylic acids is 1. The van der Waals surface area contributed by atoms with E-state index in [-0.39, 0.29) is 11.7 Å². The number of hydrogen-bond donors (Lipinski definition) is 1. The van der Waals surface area contributed by atoms with Crippen LogP contribution in [0, 0.1) is 6.92 Å². The highest BCUT2D eigenvalue weighted by Crippen LogP contribution is 2.17. The Morgan fingerprint density at radius 3 is 2.15 bits per heavy atom. The van der Waals surface area contributed by atoms with E-state index in [4.69, 9.17) is 0 Å². The molecule has 1 saturated heterocycles. The zero-order chi connectivity index (χ0) is 18.6. The predicted molar refractivity (Wildman–Crippen MR) is 102 cm³/mol. The van der Waals surface area contributed by atoms with Crippen molar-refractivity contribution < 1.29 is 13.2 Å². The van der Waals surface area contributed by atoms with Crippen LogP contribution < -0.4 is 5.32 Å². The molecular formula is C20H24N2O3S. The normalized spacial score (nSPS) is 15.1. The first kappa shape index (κ1) is 18.6. The summed E-state index contributed by atoms with van der Waals surface area (Å²) >= 11 is 0. The number of hydrogen-bond acceptors (Lipinski definition) is 3. The summed E-state index contributed by atoms with van der Waals surface area (Å²) in [5, 5.41) is 2.88. The largest absolute Gasteiger partial charge is 0.348 e. The van der Waals surface area contributed by atoms with Crippen molar-refractivity contribution >= 4 is 15.9 Å². The Balaban J connectivity index is 1.58. The Morgan fingerprint density at radius 1 is 0.962 bits per heavy atom. The lowest BCUT2D eigenvalue weighted by Crippen LogP contribution is -2.29. The summed E-state index contributed by atoms with van der Waals surface area (Å²) < 4.78 is 26.3. The third-order valence-electron chi connectivity index (χ3n) is 4.60. The van der Waals surface area contributed by atoms with E-state index >= 15 is 0 Å². The molecule has 138 valence electrons. The van der Waals surface area contributed by atoms with Gasteiger partial charge < -0.3 is 5.32 Å². The smallest absolute Gasteiger partial charge is 0.251 e. The second kappa shape index (κ2) is 8.01. The summed E-state index contributed by atoms with van der Waals surface area (Å²) in [6.07, 6.45) is 1.86. The second-order valence-corrected chi connectivity index (χ2v) is 8.70. The molecular weight excluding hydrogens is 348 g/mol. The van der Waals surface area contributed by atoms with Crippen LogP contribution in [-0.2, 0) is 22.3 Å². The zero-order valence-corrected chi connectivity index (χ0v) is 15.8. The van der Waals surface area contributed by atoms with Crippen molar-refractivity contribution in [1.29, 1.82) is 0 Å². The number of sulfonamides is 1. The molecule has 2 aromatic carbocycles. The molecule has 0 bridgehead atoms. The van der Waals surface area contributed by atoms with Gasteiger partial charge in [0.15, 0.2) is 0 Å². The van der Waals surface area contributed by atoms with Crippen molar-refractivity contribution in [3.05, 3.63) is 70.8 Å². The van der Waals surface area contributed by atoms with Crippen molar-refractivity contribution in [2.45, 2.75) is 32.1 Å². The molecule has 1 N–H and O–H groups in total. The van der Waals surface area contributed by atoms with Gasteiger partial charge >= 0.3 is 0 Å². The molecule has 1 fully saturated rings. The summed E-state index contributed by atoms with van der Waals surface area (Å²) in [6, 6.07) is 14.8. The average Bonchev–Trinajstić information content (AvgIpc) is 3.17. The maximum Gasteiger partial charge on any atom is 0.251 e. The lowest BCUT2D eigenvalue weighted by atomic mass is 10.1. The molecule has 0 atom stereocenters. The number of amides is 1. The molecule has 1 aliphatic heterocycles. The molecule has 3 rings (SSSR count). The van der Waals surface area contributed by atoms with Crippen LogP contribution in [0.5, 0.6) is 0 Å². The van der Waals surface area contributed by atoms with Crippen LogP contribution in [0.4, 0.5) is 0 Å².